The number of allylic oxidation sites excluding steroid dienone is 7. The van der Waals surface area contributed by atoms with Gasteiger partial charge in [-0.15, -0.1) is 0 Å². The number of hydrogen-bond donors (Lipinski definition) is 2. The molecule has 0 aromatic carbocycles. The van der Waals surface area contributed by atoms with Crippen LogP contribution in [0, 0.1) is 0 Å². The molecular weight excluding hydrogens is 328 g/mol. The molecule has 0 saturated carbocycles. The highest BCUT2D eigenvalue weighted by Crippen LogP contribution is 2.21. The van der Waals surface area contributed by atoms with Crippen LogP contribution in [0.4, 0.5) is 0 Å². The zero-order valence-electron chi connectivity index (χ0n) is 16.7. The molecule has 25 heavy (non-hydrogen) atoms. The second-order valence-electron chi connectivity index (χ2n) is 5.68. The Labute approximate surface area is 158 Å². The molecule has 0 radical (unpaired) electrons. The van der Waals surface area contributed by atoms with Crippen molar-refractivity contribution < 1.29 is 4.55 Å². The van der Waals surface area contributed by atoms with Crippen molar-refractivity contribution in [1.29, 1.82) is 0 Å². The molecule has 3 nitrogen and oxygen atoms in total. The number of nitrogens with zero attached hydrogens (tertiary/aromatic N) is 1. The molecular formula is C21H37N2OS+. The number of rotatable bonds is 13. The Bertz CT molecular complexity index is 478. The first-order valence-electron chi connectivity index (χ1n) is 9.28. The lowest BCUT2D eigenvalue weighted by Crippen LogP contribution is -2.26. The van der Waals surface area contributed by atoms with Crippen molar-refractivity contribution in [3.8, 4) is 0 Å². The summed E-state index contributed by atoms with van der Waals surface area (Å²) in [6.45, 7) is 7.08. The van der Waals surface area contributed by atoms with Crippen LogP contribution in [0.2, 0.25) is 0 Å². The van der Waals surface area contributed by atoms with Gasteiger partial charge in [-0.3, -0.25) is 0 Å². The Kier molecular flexibility index (Phi) is 15.5. The maximum atomic E-state index is 10.9. The third kappa shape index (κ3) is 11.1. The van der Waals surface area contributed by atoms with Crippen LogP contribution in [-0.2, 0) is 11.4 Å². The van der Waals surface area contributed by atoms with E-state index in [0.717, 1.165) is 49.3 Å². The molecule has 1 unspecified atom stereocenters. The fraction of sp³-hybridized carbons (Fsp3) is 0.524. The van der Waals surface area contributed by atoms with Gasteiger partial charge in [0.25, 0.3) is 0 Å². The molecule has 142 valence electrons. The number of nitrogens with one attached hydrogen (secondary N) is 1. The Balaban J connectivity index is 5.20. The van der Waals surface area contributed by atoms with Gasteiger partial charge in [-0.2, -0.15) is 8.86 Å². The molecule has 0 aliphatic heterocycles. The van der Waals surface area contributed by atoms with Crippen molar-refractivity contribution in [3.63, 3.8) is 0 Å². The summed E-state index contributed by atoms with van der Waals surface area (Å²) in [6, 6.07) is 0. The summed E-state index contributed by atoms with van der Waals surface area (Å²) in [6.07, 6.45) is 22.0. The summed E-state index contributed by atoms with van der Waals surface area (Å²) in [4.78, 5) is 0.977. The standard InChI is InChI=1S/C21H37N2OS/c1-6-9-11-12-13-17-21(18-14-19-22-4)25(24)23(5)20(15-8-3)16-10-7-2/h6,9-10,14-18,22,24H,7-8,11-13,19H2,1-5H3/q+1/b9-6+,16-10-,18-14-,20-15+,21-17+. The van der Waals surface area contributed by atoms with E-state index in [2.05, 4.69) is 61.7 Å². The van der Waals surface area contributed by atoms with Crippen LogP contribution >= 0.6 is 0 Å². The van der Waals surface area contributed by atoms with Gasteiger partial charge in [0.05, 0.1) is 12.7 Å². The van der Waals surface area contributed by atoms with Crippen LogP contribution in [0.15, 0.2) is 59.2 Å². The van der Waals surface area contributed by atoms with Gasteiger partial charge in [0.2, 0.25) is 4.91 Å². The summed E-state index contributed by atoms with van der Waals surface area (Å²) in [5.74, 6) is 0. The molecule has 0 saturated heterocycles. The summed E-state index contributed by atoms with van der Waals surface area (Å²) < 4.78 is 12.9. The third-order valence-corrected chi connectivity index (χ3v) is 4.99. The molecule has 0 bridgehead atoms. The third-order valence-electron chi connectivity index (χ3n) is 3.53. The van der Waals surface area contributed by atoms with Gasteiger partial charge in [0.1, 0.15) is 0 Å². The first-order chi connectivity index (χ1) is 12.1. The minimum Gasteiger partial charge on any atom is -0.316 e. The van der Waals surface area contributed by atoms with Crippen molar-refractivity contribution >= 4 is 11.4 Å². The molecule has 0 aliphatic carbocycles. The molecule has 0 rings (SSSR count). The average molecular weight is 366 g/mol. The highest BCUT2D eigenvalue weighted by atomic mass is 32.2. The van der Waals surface area contributed by atoms with E-state index in [9.17, 15) is 4.55 Å². The zero-order valence-corrected chi connectivity index (χ0v) is 17.5. The van der Waals surface area contributed by atoms with Gasteiger partial charge in [0.15, 0.2) is 0 Å². The molecule has 0 aromatic heterocycles. The smallest absolute Gasteiger partial charge is 0.305 e. The lowest BCUT2D eigenvalue weighted by molar-refractivity contribution is 0.564. The highest BCUT2D eigenvalue weighted by molar-refractivity contribution is 7.93. The van der Waals surface area contributed by atoms with Crippen molar-refractivity contribution in [1.82, 2.24) is 9.62 Å². The second-order valence-corrected chi connectivity index (χ2v) is 7.22. The van der Waals surface area contributed by atoms with E-state index >= 15 is 0 Å². The van der Waals surface area contributed by atoms with Crippen LogP contribution in [0.1, 0.15) is 52.9 Å². The predicted octanol–water partition coefficient (Wildman–Crippen LogP) is 5.59. The van der Waals surface area contributed by atoms with Gasteiger partial charge in [-0.05, 0) is 64.3 Å². The molecule has 1 atom stereocenters. The Morgan fingerprint density at radius 1 is 1.04 bits per heavy atom. The molecule has 4 heteroatoms. The van der Waals surface area contributed by atoms with E-state index in [0.29, 0.717) is 0 Å². The van der Waals surface area contributed by atoms with Crippen LogP contribution in [0.5, 0.6) is 0 Å². The molecule has 0 aliphatic rings. The lowest BCUT2D eigenvalue weighted by atomic mass is 10.2. The SMILES string of the molecule is C/C=C/CCC/C=C(\C=C/CNC)[S+](O)N(C)C(/C=C\CC)=C/CC. The maximum absolute atomic E-state index is 10.9. The van der Waals surface area contributed by atoms with Crippen molar-refractivity contribution in [2.75, 3.05) is 20.6 Å². The monoisotopic (exact) mass is 365 g/mol. The zero-order chi connectivity index (χ0) is 18.9. The molecule has 0 heterocycles. The van der Waals surface area contributed by atoms with Crippen LogP contribution < -0.4 is 5.32 Å². The number of unbranched alkanes of at least 4 members (excludes halogenated alkanes) is 2. The normalized spacial score (nSPS) is 15.0. The van der Waals surface area contributed by atoms with Gasteiger partial charge in [0, 0.05) is 6.54 Å². The van der Waals surface area contributed by atoms with Crippen molar-refractivity contribution in [2.45, 2.75) is 52.9 Å². The second kappa shape index (κ2) is 16.2. The predicted molar refractivity (Wildman–Crippen MR) is 115 cm³/mol. The van der Waals surface area contributed by atoms with Gasteiger partial charge in [-0.1, -0.05) is 44.2 Å². The van der Waals surface area contributed by atoms with E-state index in [4.69, 9.17) is 0 Å². The van der Waals surface area contributed by atoms with Crippen molar-refractivity contribution in [2.24, 2.45) is 0 Å². The highest BCUT2D eigenvalue weighted by Gasteiger charge is 2.29. The van der Waals surface area contributed by atoms with Crippen LogP contribution in [-0.4, -0.2) is 29.5 Å². The number of likely N-dealkylation sites (N-methyl/N-ethyl adjacent to an activating group) is 2. The van der Waals surface area contributed by atoms with E-state index < -0.39 is 11.4 Å². The average Bonchev–Trinajstić information content (AvgIpc) is 2.62. The fourth-order valence-corrected chi connectivity index (χ4v) is 3.29. The fourth-order valence-electron chi connectivity index (χ4n) is 2.15. The molecule has 0 spiro atoms. The maximum Gasteiger partial charge on any atom is 0.305 e. The summed E-state index contributed by atoms with van der Waals surface area (Å²) in [5.41, 5.74) is 1.07. The Morgan fingerprint density at radius 2 is 1.80 bits per heavy atom. The number of hydrogen-bond acceptors (Lipinski definition) is 3. The van der Waals surface area contributed by atoms with E-state index in [-0.39, 0.29) is 0 Å². The molecule has 2 N–H and O–H groups in total. The molecule has 0 fully saturated rings. The van der Waals surface area contributed by atoms with Crippen LogP contribution in [0.25, 0.3) is 0 Å². The first kappa shape index (κ1) is 23.8. The summed E-state index contributed by atoms with van der Waals surface area (Å²) in [5, 5.41) is 3.11. The Morgan fingerprint density at radius 3 is 2.40 bits per heavy atom. The quantitative estimate of drug-likeness (QED) is 0.193. The van der Waals surface area contributed by atoms with Crippen LogP contribution in [0.3, 0.4) is 0 Å². The minimum atomic E-state index is -0.956. The Hall–Kier alpha value is -1.23. The first-order valence-corrected chi connectivity index (χ1v) is 10.4. The van der Waals surface area contributed by atoms with E-state index in [1.165, 1.54) is 0 Å². The van der Waals surface area contributed by atoms with E-state index in [1.807, 2.05) is 31.4 Å². The summed E-state index contributed by atoms with van der Waals surface area (Å²) in [7, 11) is 3.89. The summed E-state index contributed by atoms with van der Waals surface area (Å²) >= 11 is -0.956. The van der Waals surface area contributed by atoms with Gasteiger partial charge >= 0.3 is 11.4 Å². The lowest BCUT2D eigenvalue weighted by Gasteiger charge is -2.15. The largest absolute Gasteiger partial charge is 0.316 e. The van der Waals surface area contributed by atoms with Crippen molar-refractivity contribution in [3.05, 3.63) is 59.2 Å². The van der Waals surface area contributed by atoms with Gasteiger partial charge in [-0.25, -0.2) is 0 Å². The molecule has 0 aromatic rings. The van der Waals surface area contributed by atoms with Gasteiger partial charge < -0.3 is 5.32 Å². The molecule has 0 amide bonds. The topological polar surface area (TPSA) is 35.5 Å². The minimum absolute atomic E-state index is 0.796. The van der Waals surface area contributed by atoms with E-state index in [1.54, 1.807) is 0 Å².